The maximum absolute atomic E-state index is 11.3. The number of carbonyl (C=O) groups excluding carboxylic acids is 1. The van der Waals surface area contributed by atoms with Crippen LogP contribution in [0, 0.1) is 5.41 Å². The van der Waals surface area contributed by atoms with Crippen LogP contribution in [0.4, 0.5) is 0 Å². The highest BCUT2D eigenvalue weighted by Gasteiger charge is 2.18. The summed E-state index contributed by atoms with van der Waals surface area (Å²) < 4.78 is 14.7. The summed E-state index contributed by atoms with van der Waals surface area (Å²) in [7, 11) is 3.01. The Bertz CT molecular complexity index is 167. The first-order valence-electron chi connectivity index (χ1n) is 4.60. The average Bonchev–Trinajstić information content (AvgIpc) is 2.03. The van der Waals surface area contributed by atoms with Crippen LogP contribution in [0.1, 0.15) is 27.2 Å². The maximum Gasteiger partial charge on any atom is 0.306 e. The molecule has 0 amide bonds. The Labute approximate surface area is 85.5 Å². The van der Waals surface area contributed by atoms with Crippen LogP contribution < -0.4 is 0 Å². The second-order valence-corrected chi connectivity index (χ2v) is 4.32. The van der Waals surface area contributed by atoms with Crippen molar-refractivity contribution in [1.29, 1.82) is 0 Å². The summed E-state index contributed by atoms with van der Waals surface area (Å²) in [5, 5.41) is 0. The zero-order valence-electron chi connectivity index (χ0n) is 9.62. The molecular weight excluding hydrogens is 184 g/mol. The van der Waals surface area contributed by atoms with Gasteiger partial charge in [0, 0.05) is 14.2 Å². The number of esters is 1. The van der Waals surface area contributed by atoms with Crippen molar-refractivity contribution >= 4 is 5.97 Å². The normalized spacial score (nSPS) is 11.9. The van der Waals surface area contributed by atoms with Crippen LogP contribution >= 0.6 is 0 Å². The fourth-order valence-electron chi connectivity index (χ4n) is 0.877. The van der Waals surface area contributed by atoms with E-state index in [2.05, 4.69) is 0 Å². The minimum Gasteiger partial charge on any atom is -0.460 e. The molecule has 0 unspecified atom stereocenters. The maximum atomic E-state index is 11.3. The van der Waals surface area contributed by atoms with Crippen LogP contribution in [-0.4, -0.2) is 33.1 Å². The summed E-state index contributed by atoms with van der Waals surface area (Å²) in [6, 6.07) is 0. The van der Waals surface area contributed by atoms with E-state index in [0.717, 1.165) is 0 Å². The van der Waals surface area contributed by atoms with Gasteiger partial charge < -0.3 is 14.2 Å². The molecule has 0 aliphatic carbocycles. The van der Waals surface area contributed by atoms with Crippen LogP contribution in [0.5, 0.6) is 0 Å². The first-order chi connectivity index (χ1) is 6.39. The predicted octanol–water partition coefficient (Wildman–Crippen LogP) is 1.58. The Morgan fingerprint density at radius 1 is 1.21 bits per heavy atom. The fraction of sp³-hybridized carbons (Fsp3) is 0.900. The molecule has 0 saturated carbocycles. The third-order valence-electron chi connectivity index (χ3n) is 1.58. The second-order valence-electron chi connectivity index (χ2n) is 4.32. The summed E-state index contributed by atoms with van der Waals surface area (Å²) in [6.07, 6.45) is -0.0772. The molecule has 0 aromatic rings. The quantitative estimate of drug-likeness (QED) is 0.504. The zero-order chi connectivity index (χ0) is 11.2. The molecule has 0 atom stereocenters. The lowest BCUT2D eigenvalue weighted by Gasteiger charge is -2.18. The number of rotatable bonds is 5. The second kappa shape index (κ2) is 5.98. The van der Waals surface area contributed by atoms with Gasteiger partial charge in [-0.3, -0.25) is 4.79 Å². The lowest BCUT2D eigenvalue weighted by atomic mass is 9.93. The number of ether oxygens (including phenoxy) is 3. The molecule has 14 heavy (non-hydrogen) atoms. The van der Waals surface area contributed by atoms with Gasteiger partial charge in [0.1, 0.15) is 6.61 Å². The van der Waals surface area contributed by atoms with Crippen LogP contribution in [0.25, 0.3) is 0 Å². The zero-order valence-corrected chi connectivity index (χ0v) is 9.62. The fourth-order valence-corrected chi connectivity index (χ4v) is 0.877. The van der Waals surface area contributed by atoms with Gasteiger partial charge in [0.15, 0.2) is 6.29 Å². The van der Waals surface area contributed by atoms with Crippen molar-refractivity contribution in [1.82, 2.24) is 0 Å². The Morgan fingerprint density at radius 3 is 2.07 bits per heavy atom. The molecule has 0 aromatic carbocycles. The molecule has 0 spiro atoms. The molecule has 0 radical (unpaired) electrons. The van der Waals surface area contributed by atoms with E-state index in [1.807, 2.05) is 20.8 Å². The van der Waals surface area contributed by atoms with Crippen molar-refractivity contribution in [3.63, 3.8) is 0 Å². The minimum atomic E-state index is -0.473. The van der Waals surface area contributed by atoms with Crippen molar-refractivity contribution in [2.24, 2.45) is 5.41 Å². The number of hydrogen-bond donors (Lipinski definition) is 0. The Hall–Kier alpha value is -0.610. The molecule has 0 aliphatic rings. The van der Waals surface area contributed by atoms with Gasteiger partial charge in [0.2, 0.25) is 0 Å². The molecule has 0 saturated heterocycles. The third kappa shape index (κ3) is 6.86. The van der Waals surface area contributed by atoms with Crippen molar-refractivity contribution in [3.05, 3.63) is 0 Å². The van der Waals surface area contributed by atoms with Gasteiger partial charge in [-0.1, -0.05) is 20.8 Å². The summed E-state index contributed by atoms with van der Waals surface area (Å²) >= 11 is 0. The van der Waals surface area contributed by atoms with Crippen LogP contribution in [0.2, 0.25) is 0 Å². The Balaban J connectivity index is 3.74. The highest BCUT2D eigenvalue weighted by atomic mass is 16.7. The summed E-state index contributed by atoms with van der Waals surface area (Å²) in [5.41, 5.74) is -0.0489. The number of hydrogen-bond acceptors (Lipinski definition) is 4. The molecule has 0 aromatic heterocycles. The Morgan fingerprint density at radius 2 is 1.71 bits per heavy atom. The summed E-state index contributed by atoms with van der Waals surface area (Å²) in [5.74, 6) is -0.225. The van der Waals surface area contributed by atoms with E-state index in [-0.39, 0.29) is 18.0 Å². The van der Waals surface area contributed by atoms with E-state index in [4.69, 9.17) is 14.2 Å². The van der Waals surface area contributed by atoms with Crippen molar-refractivity contribution in [3.8, 4) is 0 Å². The smallest absolute Gasteiger partial charge is 0.306 e. The molecule has 0 heterocycles. The third-order valence-corrected chi connectivity index (χ3v) is 1.58. The van der Waals surface area contributed by atoms with E-state index in [1.165, 1.54) is 14.2 Å². The van der Waals surface area contributed by atoms with Gasteiger partial charge in [-0.25, -0.2) is 0 Å². The van der Waals surface area contributed by atoms with E-state index < -0.39 is 6.29 Å². The van der Waals surface area contributed by atoms with Crippen molar-refractivity contribution in [2.75, 3.05) is 20.8 Å². The summed E-state index contributed by atoms with van der Waals surface area (Å²) in [6.45, 7) is 6.09. The molecule has 4 heteroatoms. The first kappa shape index (κ1) is 13.4. The van der Waals surface area contributed by atoms with E-state index in [0.29, 0.717) is 6.42 Å². The van der Waals surface area contributed by atoms with E-state index in [9.17, 15) is 4.79 Å². The molecule has 84 valence electrons. The SMILES string of the molecule is COC(COC(=O)CC(C)(C)C)OC. The lowest BCUT2D eigenvalue weighted by Crippen LogP contribution is -2.24. The largest absolute Gasteiger partial charge is 0.460 e. The highest BCUT2D eigenvalue weighted by molar-refractivity contribution is 5.70. The predicted molar refractivity (Wildman–Crippen MR) is 52.8 cm³/mol. The number of carbonyl (C=O) groups is 1. The molecule has 0 bridgehead atoms. The molecule has 0 fully saturated rings. The van der Waals surface area contributed by atoms with E-state index in [1.54, 1.807) is 0 Å². The van der Waals surface area contributed by atoms with Crippen molar-refractivity contribution < 1.29 is 19.0 Å². The topological polar surface area (TPSA) is 44.8 Å². The molecule has 0 aliphatic heterocycles. The standard InChI is InChI=1S/C10H20O4/c1-10(2,3)6-8(11)14-7-9(12-4)13-5/h9H,6-7H2,1-5H3. The van der Waals surface area contributed by atoms with Crippen LogP contribution in [0.3, 0.4) is 0 Å². The van der Waals surface area contributed by atoms with Gasteiger partial charge in [-0.2, -0.15) is 0 Å². The van der Waals surface area contributed by atoms with Crippen molar-refractivity contribution in [2.45, 2.75) is 33.5 Å². The molecule has 0 N–H and O–H groups in total. The van der Waals surface area contributed by atoms with Crippen LogP contribution in [-0.2, 0) is 19.0 Å². The minimum absolute atomic E-state index is 0.0489. The first-order valence-corrected chi connectivity index (χ1v) is 4.60. The van der Waals surface area contributed by atoms with Gasteiger partial charge in [-0.15, -0.1) is 0 Å². The van der Waals surface area contributed by atoms with E-state index >= 15 is 0 Å². The van der Waals surface area contributed by atoms with Gasteiger partial charge in [0.25, 0.3) is 0 Å². The number of methoxy groups -OCH3 is 2. The van der Waals surface area contributed by atoms with Gasteiger partial charge >= 0.3 is 5.97 Å². The highest BCUT2D eigenvalue weighted by Crippen LogP contribution is 2.18. The monoisotopic (exact) mass is 204 g/mol. The molecule has 4 nitrogen and oxygen atoms in total. The van der Waals surface area contributed by atoms with Gasteiger partial charge in [0.05, 0.1) is 6.42 Å². The lowest BCUT2D eigenvalue weighted by molar-refractivity contribution is -0.168. The van der Waals surface area contributed by atoms with Gasteiger partial charge in [-0.05, 0) is 5.41 Å². The summed E-state index contributed by atoms with van der Waals surface area (Å²) in [4.78, 5) is 11.3. The van der Waals surface area contributed by atoms with Crippen LogP contribution in [0.15, 0.2) is 0 Å². The Kier molecular flexibility index (Phi) is 5.72. The molecule has 0 rings (SSSR count). The molecular formula is C10H20O4. The average molecular weight is 204 g/mol.